The van der Waals surface area contributed by atoms with Crippen molar-refractivity contribution in [3.63, 3.8) is 0 Å². The molecule has 0 unspecified atom stereocenters. The maximum absolute atomic E-state index is 13.1. The maximum atomic E-state index is 13.1. The normalized spacial score (nSPS) is 19.8. The lowest BCUT2D eigenvalue weighted by Crippen LogP contribution is -2.40. The predicted molar refractivity (Wildman–Crippen MR) is 91.6 cm³/mol. The Morgan fingerprint density at radius 2 is 1.86 bits per heavy atom. The summed E-state index contributed by atoms with van der Waals surface area (Å²) in [4.78, 5) is -0.280. The lowest BCUT2D eigenvalue weighted by Gasteiger charge is -2.26. The SMILES string of the molecule is O=S1(=O)CC[C@H](N(Cc2ccco2)S(=O)(=O)c2ccc(OC(F)(F)F)cc2)C1. The number of benzene rings is 1. The Bertz CT molecular complexity index is 1020. The van der Waals surface area contributed by atoms with Gasteiger partial charge in [-0.2, -0.15) is 4.31 Å². The van der Waals surface area contributed by atoms with Gasteiger partial charge >= 0.3 is 6.36 Å². The van der Waals surface area contributed by atoms with Gasteiger partial charge in [0, 0.05) is 6.04 Å². The van der Waals surface area contributed by atoms with Crippen LogP contribution in [0.15, 0.2) is 52.0 Å². The molecule has 2 aromatic rings. The minimum absolute atomic E-state index is 0.123. The van der Waals surface area contributed by atoms with Crippen LogP contribution in [0.3, 0.4) is 0 Å². The summed E-state index contributed by atoms with van der Waals surface area (Å²) in [5.41, 5.74) is 0. The van der Waals surface area contributed by atoms with Crippen molar-refractivity contribution in [3.05, 3.63) is 48.4 Å². The highest BCUT2D eigenvalue weighted by Gasteiger charge is 2.39. The van der Waals surface area contributed by atoms with E-state index in [9.17, 15) is 30.0 Å². The van der Waals surface area contributed by atoms with Gasteiger partial charge in [-0.05, 0) is 42.8 Å². The standard InChI is InChI=1S/C16H16F3NO6S2/c17-16(18,19)26-13-3-5-15(6-4-13)28(23,24)20(10-14-2-1-8-25-14)12-7-9-27(21,22)11-12/h1-6,8,12H,7,9-11H2/t12-/m0/s1. The highest BCUT2D eigenvalue weighted by Crippen LogP contribution is 2.29. The topological polar surface area (TPSA) is 93.9 Å². The van der Waals surface area contributed by atoms with Crippen molar-refractivity contribution in [2.45, 2.75) is 30.3 Å². The molecule has 1 saturated heterocycles. The number of sulfonamides is 1. The molecule has 0 N–H and O–H groups in total. The third kappa shape index (κ3) is 4.86. The summed E-state index contributed by atoms with van der Waals surface area (Å²) in [5.74, 6) is -0.722. The summed E-state index contributed by atoms with van der Waals surface area (Å²) in [6.45, 7) is -0.198. The Labute approximate surface area is 159 Å². The van der Waals surface area contributed by atoms with Crippen LogP contribution in [0.5, 0.6) is 5.75 Å². The zero-order valence-electron chi connectivity index (χ0n) is 14.3. The molecular formula is C16H16F3NO6S2. The minimum Gasteiger partial charge on any atom is -0.468 e. The molecule has 0 radical (unpaired) electrons. The zero-order chi connectivity index (χ0) is 20.6. The number of hydrogen-bond donors (Lipinski definition) is 0. The van der Waals surface area contributed by atoms with Crippen LogP contribution in [0.2, 0.25) is 0 Å². The first-order valence-electron chi connectivity index (χ1n) is 8.07. The Balaban J connectivity index is 1.91. The number of hydrogen-bond acceptors (Lipinski definition) is 6. The second-order valence-electron chi connectivity index (χ2n) is 6.21. The molecule has 7 nitrogen and oxygen atoms in total. The van der Waals surface area contributed by atoms with Gasteiger partial charge < -0.3 is 9.15 Å². The van der Waals surface area contributed by atoms with Gasteiger partial charge in [0.25, 0.3) is 0 Å². The molecule has 1 aromatic carbocycles. The second-order valence-corrected chi connectivity index (χ2v) is 10.3. The average Bonchev–Trinajstić information content (AvgIpc) is 3.20. The molecule has 0 aliphatic carbocycles. The maximum Gasteiger partial charge on any atom is 0.573 e. The van der Waals surface area contributed by atoms with E-state index in [-0.39, 0.29) is 29.4 Å². The summed E-state index contributed by atoms with van der Waals surface area (Å²) >= 11 is 0. The highest BCUT2D eigenvalue weighted by atomic mass is 32.2. The molecule has 0 saturated carbocycles. The molecule has 28 heavy (non-hydrogen) atoms. The van der Waals surface area contributed by atoms with Gasteiger partial charge in [0.05, 0.1) is 29.2 Å². The van der Waals surface area contributed by atoms with E-state index in [1.54, 1.807) is 12.1 Å². The summed E-state index contributed by atoms with van der Waals surface area (Å²) in [5, 5.41) is 0. The van der Waals surface area contributed by atoms with Crippen LogP contribution < -0.4 is 4.74 Å². The van der Waals surface area contributed by atoms with Crippen molar-refractivity contribution in [3.8, 4) is 5.75 Å². The van der Waals surface area contributed by atoms with Crippen molar-refractivity contribution in [1.82, 2.24) is 4.31 Å². The molecule has 0 amide bonds. The van der Waals surface area contributed by atoms with Gasteiger partial charge in [-0.25, -0.2) is 16.8 Å². The Morgan fingerprint density at radius 1 is 1.18 bits per heavy atom. The van der Waals surface area contributed by atoms with E-state index >= 15 is 0 Å². The highest BCUT2D eigenvalue weighted by molar-refractivity contribution is 7.92. The van der Waals surface area contributed by atoms with E-state index in [2.05, 4.69) is 4.74 Å². The molecule has 154 valence electrons. The monoisotopic (exact) mass is 439 g/mol. The van der Waals surface area contributed by atoms with Crippen molar-refractivity contribution in [1.29, 1.82) is 0 Å². The lowest BCUT2D eigenvalue weighted by molar-refractivity contribution is -0.274. The number of rotatable bonds is 6. The molecule has 0 bridgehead atoms. The molecular weight excluding hydrogens is 423 g/mol. The number of sulfone groups is 1. The number of ether oxygens (including phenoxy) is 1. The molecule has 12 heteroatoms. The van der Waals surface area contributed by atoms with Crippen molar-refractivity contribution in [2.75, 3.05) is 11.5 Å². The van der Waals surface area contributed by atoms with E-state index in [0.29, 0.717) is 5.76 Å². The van der Waals surface area contributed by atoms with Crippen LogP contribution in [-0.2, 0) is 26.4 Å². The van der Waals surface area contributed by atoms with Gasteiger partial charge in [0.2, 0.25) is 10.0 Å². The minimum atomic E-state index is -4.90. The summed E-state index contributed by atoms with van der Waals surface area (Å²) < 4.78 is 96.6. The van der Waals surface area contributed by atoms with Gasteiger partial charge in [-0.3, -0.25) is 0 Å². The van der Waals surface area contributed by atoms with E-state index in [4.69, 9.17) is 4.42 Å². The van der Waals surface area contributed by atoms with Crippen LogP contribution >= 0.6 is 0 Å². The van der Waals surface area contributed by atoms with Crippen LogP contribution in [0.1, 0.15) is 12.2 Å². The molecule has 3 rings (SSSR count). The van der Waals surface area contributed by atoms with Crippen molar-refractivity contribution in [2.24, 2.45) is 0 Å². The summed E-state index contributed by atoms with van der Waals surface area (Å²) in [7, 11) is -7.57. The third-order valence-electron chi connectivity index (χ3n) is 4.17. The van der Waals surface area contributed by atoms with Crippen LogP contribution in [0.4, 0.5) is 13.2 Å². The second kappa shape index (κ2) is 7.41. The quantitative estimate of drug-likeness (QED) is 0.687. The van der Waals surface area contributed by atoms with Crippen LogP contribution in [0, 0.1) is 0 Å². The Kier molecular flexibility index (Phi) is 5.47. The number of furan rings is 1. The smallest absolute Gasteiger partial charge is 0.468 e. The molecule has 0 spiro atoms. The molecule has 1 fully saturated rings. The molecule has 2 heterocycles. The number of nitrogens with zero attached hydrogens (tertiary/aromatic N) is 1. The third-order valence-corrected chi connectivity index (χ3v) is 7.83. The Hall–Kier alpha value is -2.05. The fourth-order valence-electron chi connectivity index (χ4n) is 2.92. The van der Waals surface area contributed by atoms with Gasteiger partial charge in [-0.1, -0.05) is 0 Å². The van der Waals surface area contributed by atoms with E-state index in [0.717, 1.165) is 28.6 Å². The lowest BCUT2D eigenvalue weighted by atomic mass is 10.2. The molecule has 1 atom stereocenters. The molecule has 1 aliphatic heterocycles. The van der Waals surface area contributed by atoms with Gasteiger partial charge in [0.1, 0.15) is 11.5 Å². The number of alkyl halides is 3. The van der Waals surface area contributed by atoms with Crippen molar-refractivity contribution >= 4 is 19.9 Å². The fraction of sp³-hybridized carbons (Fsp3) is 0.375. The fourth-order valence-corrected chi connectivity index (χ4v) is 6.36. The van der Waals surface area contributed by atoms with Crippen LogP contribution in [-0.4, -0.2) is 45.1 Å². The van der Waals surface area contributed by atoms with Crippen molar-refractivity contribution < 1.29 is 39.2 Å². The number of halogens is 3. The first-order chi connectivity index (χ1) is 13.0. The zero-order valence-corrected chi connectivity index (χ0v) is 15.9. The van der Waals surface area contributed by atoms with Gasteiger partial charge in [-0.15, -0.1) is 13.2 Å². The average molecular weight is 439 g/mol. The summed E-state index contributed by atoms with van der Waals surface area (Å²) in [6.07, 6.45) is -3.42. The first kappa shape index (κ1) is 20.7. The van der Waals surface area contributed by atoms with Gasteiger partial charge in [0.15, 0.2) is 9.84 Å². The molecule has 1 aliphatic rings. The largest absolute Gasteiger partial charge is 0.573 e. The van der Waals surface area contributed by atoms with E-state index in [1.165, 1.54) is 6.26 Å². The predicted octanol–water partition coefficient (Wildman–Crippen LogP) is 2.56. The first-order valence-corrected chi connectivity index (χ1v) is 11.3. The summed E-state index contributed by atoms with van der Waals surface area (Å²) in [6, 6.07) is 6.05. The molecule has 1 aromatic heterocycles. The van der Waals surface area contributed by atoms with E-state index < -0.39 is 38.0 Å². The Morgan fingerprint density at radius 3 is 2.36 bits per heavy atom. The van der Waals surface area contributed by atoms with E-state index in [1.807, 2.05) is 0 Å². The van der Waals surface area contributed by atoms with Crippen LogP contribution in [0.25, 0.3) is 0 Å².